The fourth-order valence-electron chi connectivity index (χ4n) is 1.87. The van der Waals surface area contributed by atoms with E-state index in [1.807, 2.05) is 19.9 Å². The second-order valence-corrected chi connectivity index (χ2v) is 3.97. The molecule has 0 fully saturated rings. The minimum absolute atomic E-state index is 0.0830. The molecule has 0 aromatic rings. The topological polar surface area (TPSA) is 41.8 Å². The molecule has 0 aliphatic carbocycles. The highest BCUT2D eigenvalue weighted by Gasteiger charge is 2.19. The molecule has 3 nitrogen and oxygen atoms in total. The van der Waals surface area contributed by atoms with Crippen LogP contribution in [-0.4, -0.2) is 25.4 Å². The summed E-state index contributed by atoms with van der Waals surface area (Å²) in [6.45, 7) is 9.46. The zero-order chi connectivity index (χ0) is 13.3. The van der Waals surface area contributed by atoms with E-state index in [0.717, 1.165) is 37.1 Å². The van der Waals surface area contributed by atoms with E-state index in [1.54, 1.807) is 7.05 Å². The molecular weight excluding hydrogens is 212 g/mol. The minimum atomic E-state index is 0.0830. The van der Waals surface area contributed by atoms with Crippen molar-refractivity contribution in [1.82, 2.24) is 0 Å². The van der Waals surface area contributed by atoms with E-state index in [9.17, 15) is 4.79 Å². The van der Waals surface area contributed by atoms with Crippen molar-refractivity contribution in [2.45, 2.75) is 46.5 Å². The third-order valence-corrected chi connectivity index (χ3v) is 3.07. The molecule has 0 amide bonds. The van der Waals surface area contributed by atoms with Crippen LogP contribution in [0.3, 0.4) is 0 Å². The van der Waals surface area contributed by atoms with Gasteiger partial charge in [-0.3, -0.25) is 9.79 Å². The lowest BCUT2D eigenvalue weighted by molar-refractivity contribution is -0.119. The van der Waals surface area contributed by atoms with Crippen molar-refractivity contribution in [2.75, 3.05) is 7.05 Å². The molecule has 0 aromatic carbocycles. The Morgan fingerprint density at radius 3 is 2.41 bits per heavy atom. The normalized spacial score (nSPS) is 14.6. The number of carbonyl (C=O) groups is 1. The van der Waals surface area contributed by atoms with Gasteiger partial charge in [-0.25, -0.2) is 4.99 Å². The van der Waals surface area contributed by atoms with Crippen molar-refractivity contribution in [1.29, 1.82) is 0 Å². The van der Waals surface area contributed by atoms with Crippen molar-refractivity contribution in [3.05, 3.63) is 11.6 Å². The van der Waals surface area contributed by atoms with Gasteiger partial charge in [-0.1, -0.05) is 19.9 Å². The standard InChI is InChI=1S/C14H24N2O/c1-6-11(7-2)14(17)12(8-3)9-10-13(15-4)16-5/h6,12H,4,7-10H2,1-3,5H3/b11-6-,16-13?. The molecule has 0 spiro atoms. The predicted octanol–water partition coefficient (Wildman–Crippen LogP) is 3.45. The van der Waals surface area contributed by atoms with Crippen molar-refractivity contribution in [3.63, 3.8) is 0 Å². The molecular formula is C14H24N2O. The van der Waals surface area contributed by atoms with E-state index in [1.165, 1.54) is 0 Å². The molecule has 0 radical (unpaired) electrons. The Bertz CT molecular complexity index is 316. The van der Waals surface area contributed by atoms with Gasteiger partial charge in [-0.05, 0) is 38.5 Å². The number of amidine groups is 1. The van der Waals surface area contributed by atoms with E-state index in [0.29, 0.717) is 0 Å². The average molecular weight is 236 g/mol. The summed E-state index contributed by atoms with van der Waals surface area (Å²) in [7, 11) is 1.70. The Hall–Kier alpha value is -1.25. The Morgan fingerprint density at radius 1 is 1.41 bits per heavy atom. The highest BCUT2D eigenvalue weighted by molar-refractivity contribution is 5.97. The maximum atomic E-state index is 12.2. The van der Waals surface area contributed by atoms with E-state index in [-0.39, 0.29) is 11.7 Å². The number of hydrogen-bond donors (Lipinski definition) is 0. The first-order valence-corrected chi connectivity index (χ1v) is 6.26. The maximum absolute atomic E-state index is 12.2. The minimum Gasteiger partial charge on any atom is -0.294 e. The molecule has 0 aliphatic heterocycles. The van der Waals surface area contributed by atoms with Gasteiger partial charge in [0.05, 0.1) is 0 Å². The van der Waals surface area contributed by atoms with Crippen molar-refractivity contribution in [2.24, 2.45) is 15.9 Å². The van der Waals surface area contributed by atoms with Crippen LogP contribution < -0.4 is 0 Å². The Labute approximate surface area is 105 Å². The van der Waals surface area contributed by atoms with Crippen LogP contribution in [0, 0.1) is 5.92 Å². The largest absolute Gasteiger partial charge is 0.294 e. The Morgan fingerprint density at radius 2 is 2.06 bits per heavy atom. The Balaban J connectivity index is 4.53. The van der Waals surface area contributed by atoms with Gasteiger partial charge in [0.2, 0.25) is 0 Å². The first-order chi connectivity index (χ1) is 8.14. The number of nitrogens with zero attached hydrogens (tertiary/aromatic N) is 2. The Kier molecular flexibility index (Phi) is 8.20. The molecule has 0 bridgehead atoms. The summed E-state index contributed by atoms with van der Waals surface area (Å²) in [6.07, 6.45) is 5.12. The first kappa shape index (κ1) is 15.8. The summed E-state index contributed by atoms with van der Waals surface area (Å²) in [6, 6.07) is 0. The molecule has 1 unspecified atom stereocenters. The predicted molar refractivity (Wildman–Crippen MR) is 75.0 cm³/mol. The zero-order valence-corrected chi connectivity index (χ0v) is 11.5. The summed E-state index contributed by atoms with van der Waals surface area (Å²) in [5, 5.41) is 0. The highest BCUT2D eigenvalue weighted by atomic mass is 16.1. The second kappa shape index (κ2) is 8.85. The van der Waals surface area contributed by atoms with Crippen molar-refractivity contribution >= 4 is 18.3 Å². The quantitative estimate of drug-likeness (QED) is 0.379. The van der Waals surface area contributed by atoms with Gasteiger partial charge in [0.15, 0.2) is 5.78 Å². The van der Waals surface area contributed by atoms with Crippen LogP contribution in [0.5, 0.6) is 0 Å². The maximum Gasteiger partial charge on any atom is 0.161 e. The molecule has 17 heavy (non-hydrogen) atoms. The van der Waals surface area contributed by atoms with Crippen LogP contribution in [0.15, 0.2) is 21.6 Å². The summed E-state index contributed by atoms with van der Waals surface area (Å²) >= 11 is 0. The second-order valence-electron chi connectivity index (χ2n) is 3.97. The van der Waals surface area contributed by atoms with Gasteiger partial charge < -0.3 is 0 Å². The van der Waals surface area contributed by atoms with Crippen LogP contribution in [0.25, 0.3) is 0 Å². The molecule has 3 heteroatoms. The van der Waals surface area contributed by atoms with Gasteiger partial charge in [0, 0.05) is 19.4 Å². The lowest BCUT2D eigenvalue weighted by Gasteiger charge is -2.14. The van der Waals surface area contributed by atoms with Gasteiger partial charge in [-0.15, -0.1) is 0 Å². The molecule has 1 atom stereocenters. The van der Waals surface area contributed by atoms with E-state index < -0.39 is 0 Å². The van der Waals surface area contributed by atoms with Crippen LogP contribution in [0.2, 0.25) is 0 Å². The third-order valence-electron chi connectivity index (χ3n) is 3.07. The summed E-state index contributed by atoms with van der Waals surface area (Å²) < 4.78 is 0. The SMILES string of the molecule is C=NC(CCC(CC)C(=O)/C(=C\C)CC)=NC. The van der Waals surface area contributed by atoms with Gasteiger partial charge >= 0.3 is 0 Å². The van der Waals surface area contributed by atoms with E-state index >= 15 is 0 Å². The smallest absolute Gasteiger partial charge is 0.161 e. The average Bonchev–Trinajstić information content (AvgIpc) is 2.36. The zero-order valence-electron chi connectivity index (χ0n) is 11.5. The van der Waals surface area contributed by atoms with Gasteiger partial charge in [0.1, 0.15) is 5.84 Å². The molecule has 0 heterocycles. The number of Topliss-reactive ketones (excluding diaryl/α,β-unsaturated/α-hetero) is 1. The number of rotatable bonds is 7. The van der Waals surface area contributed by atoms with E-state index in [2.05, 4.69) is 23.6 Å². The van der Waals surface area contributed by atoms with Gasteiger partial charge in [0.25, 0.3) is 0 Å². The molecule has 0 rings (SSSR count). The highest BCUT2D eigenvalue weighted by Crippen LogP contribution is 2.19. The van der Waals surface area contributed by atoms with Crippen LogP contribution in [0.4, 0.5) is 0 Å². The lowest BCUT2D eigenvalue weighted by Crippen LogP contribution is -2.17. The van der Waals surface area contributed by atoms with Crippen molar-refractivity contribution < 1.29 is 4.79 Å². The van der Waals surface area contributed by atoms with Crippen molar-refractivity contribution in [3.8, 4) is 0 Å². The molecule has 0 saturated carbocycles. The van der Waals surface area contributed by atoms with Gasteiger partial charge in [-0.2, -0.15) is 0 Å². The molecule has 0 aliphatic rings. The monoisotopic (exact) mass is 236 g/mol. The van der Waals surface area contributed by atoms with Crippen LogP contribution in [-0.2, 0) is 4.79 Å². The number of hydrogen-bond acceptors (Lipinski definition) is 2. The fourth-order valence-corrected chi connectivity index (χ4v) is 1.87. The van der Waals surface area contributed by atoms with Crippen LogP contribution in [0.1, 0.15) is 46.5 Å². The summed E-state index contributed by atoms with van der Waals surface area (Å²) in [5.41, 5.74) is 0.929. The number of aliphatic imine (C=N–C) groups is 2. The number of ketones is 1. The van der Waals surface area contributed by atoms with Crippen LogP contribution >= 0.6 is 0 Å². The number of carbonyl (C=O) groups excluding carboxylic acids is 1. The fraction of sp³-hybridized carbons (Fsp3) is 0.643. The first-order valence-electron chi connectivity index (χ1n) is 6.26. The molecule has 0 aromatic heterocycles. The molecule has 96 valence electrons. The number of allylic oxidation sites excluding steroid dienone is 2. The third kappa shape index (κ3) is 5.07. The summed E-state index contributed by atoms with van der Waals surface area (Å²) in [4.78, 5) is 20.0. The summed E-state index contributed by atoms with van der Waals surface area (Å²) in [5.74, 6) is 1.09. The molecule has 0 saturated heterocycles. The lowest BCUT2D eigenvalue weighted by atomic mass is 9.89. The van der Waals surface area contributed by atoms with E-state index in [4.69, 9.17) is 0 Å². The molecule has 0 N–H and O–H groups in total.